The normalized spacial score (nSPS) is 15.8. The summed E-state index contributed by atoms with van der Waals surface area (Å²) >= 11 is 0. The fourth-order valence-electron chi connectivity index (χ4n) is 4.89. The molecule has 1 saturated heterocycles. The summed E-state index contributed by atoms with van der Waals surface area (Å²) in [6.45, 7) is 8.40. The number of rotatable bonds is 9. The molecule has 1 aliphatic heterocycles. The van der Waals surface area contributed by atoms with Gasteiger partial charge in [0.1, 0.15) is 0 Å². The molecule has 33 heavy (non-hydrogen) atoms. The monoisotopic (exact) mass is 438 g/mol. The van der Waals surface area contributed by atoms with E-state index in [1.807, 2.05) is 0 Å². The number of benzene rings is 3. The lowest BCUT2D eigenvalue weighted by atomic mass is 9.74. The summed E-state index contributed by atoms with van der Waals surface area (Å²) in [7, 11) is 0. The third-order valence-electron chi connectivity index (χ3n) is 7.17. The van der Waals surface area contributed by atoms with E-state index in [-0.39, 0.29) is 5.41 Å². The van der Waals surface area contributed by atoms with Gasteiger partial charge in [-0.1, -0.05) is 106 Å². The van der Waals surface area contributed by atoms with Gasteiger partial charge in [0, 0.05) is 11.1 Å². The molecular weight excluding hydrogens is 400 g/mol. The van der Waals surface area contributed by atoms with E-state index in [1.165, 1.54) is 63.7 Å². The molecule has 0 saturated carbocycles. The highest BCUT2D eigenvalue weighted by molar-refractivity contribution is 6.13. The first-order valence-electron chi connectivity index (χ1n) is 12.7. The Morgan fingerprint density at radius 2 is 1.42 bits per heavy atom. The second kappa shape index (κ2) is 11.4. The van der Waals surface area contributed by atoms with E-state index in [0.717, 1.165) is 22.5 Å². The Bertz CT molecular complexity index is 974. The molecule has 1 heterocycles. The lowest BCUT2D eigenvalue weighted by Gasteiger charge is -2.40. The first kappa shape index (κ1) is 23.4. The third kappa shape index (κ3) is 6.21. The van der Waals surface area contributed by atoms with Crippen LogP contribution >= 0.6 is 0 Å². The van der Waals surface area contributed by atoms with Gasteiger partial charge >= 0.3 is 0 Å². The number of piperidine rings is 1. The molecule has 0 unspecified atom stereocenters. The Labute approximate surface area is 200 Å². The van der Waals surface area contributed by atoms with Crippen molar-refractivity contribution < 1.29 is 0 Å². The maximum atomic E-state index is 5.16. The van der Waals surface area contributed by atoms with E-state index in [9.17, 15) is 0 Å². The third-order valence-corrected chi connectivity index (χ3v) is 7.17. The Morgan fingerprint density at radius 1 is 0.788 bits per heavy atom. The molecule has 4 rings (SSSR count). The van der Waals surface area contributed by atoms with Crippen LogP contribution in [0.2, 0.25) is 0 Å². The van der Waals surface area contributed by atoms with Crippen LogP contribution in [0.1, 0.15) is 69.1 Å². The van der Waals surface area contributed by atoms with E-state index in [2.05, 4.69) is 104 Å². The van der Waals surface area contributed by atoms with Gasteiger partial charge in [-0.2, -0.15) is 0 Å². The maximum Gasteiger partial charge on any atom is 0.0781 e. The molecule has 0 aromatic heterocycles. The van der Waals surface area contributed by atoms with E-state index < -0.39 is 0 Å². The summed E-state index contributed by atoms with van der Waals surface area (Å²) in [5, 5.41) is 0. The topological polar surface area (TPSA) is 15.6 Å². The van der Waals surface area contributed by atoms with Gasteiger partial charge in [-0.3, -0.25) is 0 Å². The van der Waals surface area contributed by atoms with Crippen LogP contribution in [-0.4, -0.2) is 30.2 Å². The van der Waals surface area contributed by atoms with Crippen LogP contribution in [0.15, 0.2) is 89.9 Å². The molecule has 2 heteroatoms. The molecule has 1 fully saturated rings. The van der Waals surface area contributed by atoms with Gasteiger partial charge in [0.2, 0.25) is 0 Å². The van der Waals surface area contributed by atoms with Gasteiger partial charge < -0.3 is 4.90 Å². The number of hydrogen-bond acceptors (Lipinski definition) is 2. The van der Waals surface area contributed by atoms with Crippen molar-refractivity contribution in [2.45, 2.75) is 57.8 Å². The Balaban J connectivity index is 1.53. The minimum Gasteiger partial charge on any atom is -0.303 e. The standard InChI is InChI=1S/C31H38N2/c1-3-4-5-12-22-33-23-20-31(2,21-24-33)28-18-13-19-29(25-28)32-30(26-14-8-6-9-15-26)27-16-10-7-11-17-27/h6-11,13-19,25H,3-5,12,20-24H2,1-2H3. The number of likely N-dealkylation sites (tertiary alicyclic amines) is 1. The summed E-state index contributed by atoms with van der Waals surface area (Å²) in [4.78, 5) is 7.83. The first-order valence-corrected chi connectivity index (χ1v) is 12.7. The first-order chi connectivity index (χ1) is 16.2. The molecule has 3 aromatic rings. The van der Waals surface area contributed by atoms with Crippen LogP contribution in [0.25, 0.3) is 0 Å². The summed E-state index contributed by atoms with van der Waals surface area (Å²) in [6, 6.07) is 30.0. The molecule has 0 amide bonds. The van der Waals surface area contributed by atoms with Gasteiger partial charge in [0.25, 0.3) is 0 Å². The smallest absolute Gasteiger partial charge is 0.0781 e. The van der Waals surface area contributed by atoms with E-state index in [0.29, 0.717) is 0 Å². The highest BCUT2D eigenvalue weighted by atomic mass is 15.1. The highest BCUT2D eigenvalue weighted by Crippen LogP contribution is 2.36. The van der Waals surface area contributed by atoms with E-state index >= 15 is 0 Å². The van der Waals surface area contributed by atoms with Gasteiger partial charge in [-0.05, 0) is 62.0 Å². The van der Waals surface area contributed by atoms with Crippen LogP contribution in [0, 0.1) is 0 Å². The molecular formula is C31H38N2. The predicted molar refractivity (Wildman–Crippen MR) is 142 cm³/mol. The summed E-state index contributed by atoms with van der Waals surface area (Å²) in [5.41, 5.74) is 6.02. The maximum absolute atomic E-state index is 5.16. The number of unbranched alkanes of at least 4 members (excludes halogenated alkanes) is 3. The number of aliphatic imine (C=N–C) groups is 1. The molecule has 1 aliphatic rings. The van der Waals surface area contributed by atoms with Crippen molar-refractivity contribution in [3.8, 4) is 0 Å². The van der Waals surface area contributed by atoms with E-state index in [4.69, 9.17) is 4.99 Å². The SMILES string of the molecule is CCCCCCN1CCC(C)(c2cccc(N=C(c3ccccc3)c3ccccc3)c2)CC1. The molecule has 0 radical (unpaired) electrons. The summed E-state index contributed by atoms with van der Waals surface area (Å²) in [5.74, 6) is 0. The molecule has 172 valence electrons. The van der Waals surface area contributed by atoms with Crippen LogP contribution in [0.4, 0.5) is 5.69 Å². The van der Waals surface area contributed by atoms with Crippen molar-refractivity contribution >= 4 is 11.4 Å². The second-order valence-electron chi connectivity index (χ2n) is 9.71. The highest BCUT2D eigenvalue weighted by Gasteiger charge is 2.31. The van der Waals surface area contributed by atoms with Crippen LogP contribution in [-0.2, 0) is 5.41 Å². The zero-order chi connectivity index (χ0) is 22.9. The van der Waals surface area contributed by atoms with Crippen molar-refractivity contribution in [3.63, 3.8) is 0 Å². The largest absolute Gasteiger partial charge is 0.303 e. The van der Waals surface area contributed by atoms with Crippen molar-refractivity contribution in [1.29, 1.82) is 0 Å². The van der Waals surface area contributed by atoms with Crippen LogP contribution in [0.3, 0.4) is 0 Å². The van der Waals surface area contributed by atoms with Crippen LogP contribution in [0.5, 0.6) is 0 Å². The average Bonchev–Trinajstić information content (AvgIpc) is 2.87. The Kier molecular flexibility index (Phi) is 8.12. The van der Waals surface area contributed by atoms with Crippen molar-refractivity contribution in [2.24, 2.45) is 4.99 Å². The minimum absolute atomic E-state index is 0.227. The predicted octanol–water partition coefficient (Wildman–Crippen LogP) is 7.79. The average molecular weight is 439 g/mol. The molecule has 2 nitrogen and oxygen atoms in total. The van der Waals surface area contributed by atoms with Gasteiger partial charge in [-0.25, -0.2) is 4.99 Å². The molecule has 3 aromatic carbocycles. The summed E-state index contributed by atoms with van der Waals surface area (Å²) in [6.07, 6.45) is 7.84. The lowest BCUT2D eigenvalue weighted by molar-refractivity contribution is 0.166. The van der Waals surface area contributed by atoms with Crippen molar-refractivity contribution in [1.82, 2.24) is 4.90 Å². The van der Waals surface area contributed by atoms with Gasteiger partial charge in [-0.15, -0.1) is 0 Å². The molecule has 0 N–H and O–H groups in total. The molecule has 0 atom stereocenters. The molecule has 0 bridgehead atoms. The van der Waals surface area contributed by atoms with E-state index in [1.54, 1.807) is 0 Å². The van der Waals surface area contributed by atoms with Crippen molar-refractivity contribution in [3.05, 3.63) is 102 Å². The van der Waals surface area contributed by atoms with Crippen molar-refractivity contribution in [2.75, 3.05) is 19.6 Å². The quantitative estimate of drug-likeness (QED) is 0.246. The Morgan fingerprint density at radius 3 is 2.03 bits per heavy atom. The lowest BCUT2D eigenvalue weighted by Crippen LogP contribution is -2.41. The van der Waals surface area contributed by atoms with Gasteiger partial charge in [0.15, 0.2) is 0 Å². The molecule has 0 spiro atoms. The second-order valence-corrected chi connectivity index (χ2v) is 9.71. The molecule has 0 aliphatic carbocycles. The number of nitrogens with zero attached hydrogens (tertiary/aromatic N) is 2. The minimum atomic E-state index is 0.227. The number of hydrogen-bond donors (Lipinski definition) is 0. The fraction of sp³-hybridized carbons (Fsp3) is 0.387. The summed E-state index contributed by atoms with van der Waals surface area (Å²) < 4.78 is 0. The Hall–Kier alpha value is -2.71. The van der Waals surface area contributed by atoms with Gasteiger partial charge in [0.05, 0.1) is 11.4 Å². The fourth-order valence-corrected chi connectivity index (χ4v) is 4.89. The van der Waals surface area contributed by atoms with Crippen LogP contribution < -0.4 is 0 Å². The zero-order valence-corrected chi connectivity index (χ0v) is 20.3. The zero-order valence-electron chi connectivity index (χ0n) is 20.3.